The first kappa shape index (κ1) is 16.2. The number of methoxy groups -OCH3 is 1. The predicted molar refractivity (Wildman–Crippen MR) is 78.0 cm³/mol. The van der Waals surface area contributed by atoms with E-state index in [1.54, 1.807) is 7.11 Å². The number of carbonyl (C=O) groups is 2. The summed E-state index contributed by atoms with van der Waals surface area (Å²) in [4.78, 5) is 23.6. The molecule has 0 bridgehead atoms. The average Bonchev–Trinajstić information content (AvgIpc) is 2.42. The molecule has 1 saturated carbocycles. The Bertz CT molecular complexity index is 382. The minimum Gasteiger partial charge on any atom is -0.481 e. The van der Waals surface area contributed by atoms with Gasteiger partial charge in [0, 0.05) is 13.7 Å². The Balaban J connectivity index is 1.94. The summed E-state index contributed by atoms with van der Waals surface area (Å²) >= 11 is 0. The van der Waals surface area contributed by atoms with Gasteiger partial charge in [0.2, 0.25) is 5.91 Å². The van der Waals surface area contributed by atoms with Crippen LogP contribution in [0.5, 0.6) is 0 Å². The monoisotopic (exact) mass is 298 g/mol. The zero-order chi connectivity index (χ0) is 15.3. The second-order valence-corrected chi connectivity index (χ2v) is 6.57. The van der Waals surface area contributed by atoms with Crippen LogP contribution in [0.25, 0.3) is 0 Å². The van der Waals surface area contributed by atoms with Gasteiger partial charge in [0.1, 0.15) is 0 Å². The minimum absolute atomic E-state index is 0.0162. The van der Waals surface area contributed by atoms with Crippen LogP contribution in [-0.2, 0) is 14.3 Å². The number of rotatable bonds is 7. The molecule has 0 spiro atoms. The molecular weight excluding hydrogens is 272 g/mol. The van der Waals surface area contributed by atoms with E-state index in [0.717, 1.165) is 45.2 Å². The van der Waals surface area contributed by atoms with Gasteiger partial charge in [-0.3, -0.25) is 9.59 Å². The number of hydrogen-bond acceptors (Lipinski definition) is 4. The molecule has 2 rings (SSSR count). The van der Waals surface area contributed by atoms with Gasteiger partial charge in [-0.15, -0.1) is 0 Å². The van der Waals surface area contributed by atoms with Crippen molar-refractivity contribution in [3.63, 3.8) is 0 Å². The van der Waals surface area contributed by atoms with Crippen molar-refractivity contribution in [1.82, 2.24) is 10.6 Å². The van der Waals surface area contributed by atoms with E-state index in [2.05, 4.69) is 10.6 Å². The van der Waals surface area contributed by atoms with Crippen LogP contribution in [0, 0.1) is 10.8 Å². The predicted octanol–water partition coefficient (Wildman–Crippen LogP) is 0.764. The van der Waals surface area contributed by atoms with Crippen molar-refractivity contribution in [2.75, 3.05) is 33.4 Å². The molecule has 21 heavy (non-hydrogen) atoms. The largest absolute Gasteiger partial charge is 0.481 e. The van der Waals surface area contributed by atoms with Gasteiger partial charge >= 0.3 is 5.97 Å². The molecule has 1 aliphatic carbocycles. The van der Waals surface area contributed by atoms with Gasteiger partial charge in [-0.25, -0.2) is 0 Å². The highest BCUT2D eigenvalue weighted by Crippen LogP contribution is 2.43. The van der Waals surface area contributed by atoms with E-state index in [0.29, 0.717) is 13.2 Å². The first-order chi connectivity index (χ1) is 10.0. The summed E-state index contributed by atoms with van der Waals surface area (Å²) in [6, 6.07) is 0. The van der Waals surface area contributed by atoms with Crippen molar-refractivity contribution in [3.05, 3.63) is 0 Å². The Morgan fingerprint density at radius 3 is 2.38 bits per heavy atom. The third kappa shape index (κ3) is 3.74. The molecule has 1 amide bonds. The summed E-state index contributed by atoms with van der Waals surface area (Å²) < 4.78 is 5.26. The lowest BCUT2D eigenvalue weighted by Crippen LogP contribution is -2.53. The maximum atomic E-state index is 12.6. The van der Waals surface area contributed by atoms with Gasteiger partial charge in [0.25, 0.3) is 0 Å². The molecule has 2 fully saturated rings. The van der Waals surface area contributed by atoms with E-state index in [1.165, 1.54) is 0 Å². The molecule has 0 aromatic carbocycles. The van der Waals surface area contributed by atoms with Gasteiger partial charge < -0.3 is 20.5 Å². The number of nitrogens with one attached hydrogen (secondary N) is 2. The van der Waals surface area contributed by atoms with Crippen molar-refractivity contribution in [2.24, 2.45) is 10.8 Å². The number of hydrogen-bond donors (Lipinski definition) is 3. The van der Waals surface area contributed by atoms with Crippen LogP contribution in [-0.4, -0.2) is 50.3 Å². The Morgan fingerprint density at radius 2 is 1.90 bits per heavy atom. The van der Waals surface area contributed by atoms with Gasteiger partial charge in [-0.05, 0) is 44.2 Å². The van der Waals surface area contributed by atoms with E-state index in [9.17, 15) is 9.59 Å². The molecule has 1 aliphatic heterocycles. The van der Waals surface area contributed by atoms with Crippen LogP contribution in [0.2, 0.25) is 0 Å². The number of carbonyl (C=O) groups excluding carboxylic acids is 1. The molecule has 6 nitrogen and oxygen atoms in total. The zero-order valence-corrected chi connectivity index (χ0v) is 12.7. The van der Waals surface area contributed by atoms with Gasteiger partial charge in [-0.1, -0.05) is 6.42 Å². The van der Waals surface area contributed by atoms with Crippen LogP contribution in [0.3, 0.4) is 0 Å². The maximum absolute atomic E-state index is 12.6. The van der Waals surface area contributed by atoms with Gasteiger partial charge in [0.15, 0.2) is 0 Å². The van der Waals surface area contributed by atoms with E-state index in [-0.39, 0.29) is 17.7 Å². The fraction of sp³-hybridized carbons (Fsp3) is 0.867. The average molecular weight is 298 g/mol. The van der Waals surface area contributed by atoms with Crippen LogP contribution in [0.15, 0.2) is 0 Å². The molecule has 2 aliphatic rings. The number of aliphatic carboxylic acids is 1. The zero-order valence-electron chi connectivity index (χ0n) is 12.7. The molecule has 0 aromatic rings. The molecule has 1 heterocycles. The third-order valence-electron chi connectivity index (χ3n) is 5.03. The summed E-state index contributed by atoms with van der Waals surface area (Å²) in [6.45, 7) is 2.53. The molecule has 3 N–H and O–H groups in total. The first-order valence-electron chi connectivity index (χ1n) is 7.72. The number of ether oxygens (including phenoxy) is 1. The van der Waals surface area contributed by atoms with Gasteiger partial charge in [0.05, 0.1) is 18.4 Å². The fourth-order valence-electron chi connectivity index (χ4n) is 3.49. The lowest BCUT2D eigenvalue weighted by Gasteiger charge is -2.42. The summed E-state index contributed by atoms with van der Waals surface area (Å²) in [7, 11) is 1.62. The van der Waals surface area contributed by atoms with Crippen molar-refractivity contribution >= 4 is 11.9 Å². The van der Waals surface area contributed by atoms with E-state index in [1.807, 2.05) is 0 Å². The molecule has 120 valence electrons. The standard InChI is InChI=1S/C15H26N2O4/c1-21-11-15(5-7-16-8-6-15)13(20)17-10-14(3-2-4-14)9-12(18)19/h16H,2-11H2,1H3,(H,17,20)(H,18,19). The molecule has 0 radical (unpaired) electrons. The van der Waals surface area contributed by atoms with Crippen molar-refractivity contribution in [2.45, 2.75) is 38.5 Å². The number of carboxylic acids is 1. The molecule has 0 aromatic heterocycles. The third-order valence-corrected chi connectivity index (χ3v) is 5.03. The summed E-state index contributed by atoms with van der Waals surface area (Å²) in [5.74, 6) is -0.764. The van der Waals surface area contributed by atoms with Gasteiger partial charge in [-0.2, -0.15) is 0 Å². The number of amides is 1. The molecule has 1 saturated heterocycles. The minimum atomic E-state index is -0.780. The molecule has 6 heteroatoms. The Kier molecular flexibility index (Phi) is 5.22. The Labute approximate surface area is 125 Å². The number of piperidine rings is 1. The molecule has 0 atom stereocenters. The Morgan fingerprint density at radius 1 is 1.24 bits per heavy atom. The maximum Gasteiger partial charge on any atom is 0.303 e. The molecule has 0 unspecified atom stereocenters. The Hall–Kier alpha value is -1.14. The van der Waals surface area contributed by atoms with Crippen molar-refractivity contribution in [1.29, 1.82) is 0 Å². The smallest absolute Gasteiger partial charge is 0.303 e. The lowest BCUT2D eigenvalue weighted by molar-refractivity contribution is -0.143. The topological polar surface area (TPSA) is 87.7 Å². The van der Waals surface area contributed by atoms with Crippen LogP contribution in [0.4, 0.5) is 0 Å². The van der Waals surface area contributed by atoms with Crippen LogP contribution in [0.1, 0.15) is 38.5 Å². The highest BCUT2D eigenvalue weighted by Gasteiger charge is 2.43. The fourth-order valence-corrected chi connectivity index (χ4v) is 3.49. The van der Waals surface area contributed by atoms with Crippen molar-refractivity contribution in [3.8, 4) is 0 Å². The summed E-state index contributed by atoms with van der Waals surface area (Å²) in [6.07, 6.45) is 4.50. The van der Waals surface area contributed by atoms with Crippen LogP contribution >= 0.6 is 0 Å². The second kappa shape index (κ2) is 6.75. The van der Waals surface area contributed by atoms with Crippen molar-refractivity contribution < 1.29 is 19.4 Å². The quantitative estimate of drug-likeness (QED) is 0.646. The van der Waals surface area contributed by atoms with E-state index < -0.39 is 11.4 Å². The first-order valence-corrected chi connectivity index (χ1v) is 7.72. The highest BCUT2D eigenvalue weighted by atomic mass is 16.5. The highest BCUT2D eigenvalue weighted by molar-refractivity contribution is 5.83. The van der Waals surface area contributed by atoms with E-state index >= 15 is 0 Å². The molecular formula is C15H26N2O4. The normalized spacial score (nSPS) is 23.1. The summed E-state index contributed by atoms with van der Waals surface area (Å²) in [5.41, 5.74) is -0.698. The second-order valence-electron chi connectivity index (χ2n) is 6.57. The van der Waals surface area contributed by atoms with Crippen LogP contribution < -0.4 is 10.6 Å². The summed E-state index contributed by atoms with van der Waals surface area (Å²) in [5, 5.41) is 15.3. The SMILES string of the molecule is COCC1(C(=O)NCC2(CC(=O)O)CCC2)CCNCC1. The lowest BCUT2D eigenvalue weighted by atomic mass is 9.66. The number of carboxylic acid groups (broad SMARTS) is 1. The van der Waals surface area contributed by atoms with E-state index in [4.69, 9.17) is 9.84 Å².